The number of halogens is 4. The zero-order chi connectivity index (χ0) is 23.3. The van der Waals surface area contributed by atoms with Gasteiger partial charge in [0.1, 0.15) is 10.7 Å². The molecule has 0 aliphatic rings. The van der Waals surface area contributed by atoms with Crippen LogP contribution in [0.25, 0.3) is 10.4 Å². The summed E-state index contributed by atoms with van der Waals surface area (Å²) < 4.78 is 57.4. The van der Waals surface area contributed by atoms with Crippen molar-refractivity contribution in [2.75, 3.05) is 18.5 Å². The van der Waals surface area contributed by atoms with E-state index in [1.54, 1.807) is 18.2 Å². The molecule has 0 saturated carbocycles. The van der Waals surface area contributed by atoms with Gasteiger partial charge in [-0.15, -0.1) is 11.3 Å². The standard InChI is InChI=1S/C21H14F4N2O4S/c22-12-3-1-11(2-4-12)15-7-8-16(32-15)21(30)31-10-18(29)26-9-17(28)27-14-6-5-13(23)19(24)20(14)25/h1-8H,9-10H2,(H,26,29)(H,27,28). The van der Waals surface area contributed by atoms with Gasteiger partial charge in [-0.25, -0.2) is 22.4 Å². The number of carbonyl (C=O) groups is 3. The van der Waals surface area contributed by atoms with Crippen molar-refractivity contribution < 1.29 is 36.7 Å². The number of hydrogen-bond donors (Lipinski definition) is 2. The predicted octanol–water partition coefficient (Wildman–Crippen LogP) is 3.88. The zero-order valence-electron chi connectivity index (χ0n) is 16.1. The van der Waals surface area contributed by atoms with E-state index < -0.39 is 54.1 Å². The molecule has 32 heavy (non-hydrogen) atoms. The Morgan fingerprint density at radius 1 is 0.844 bits per heavy atom. The third kappa shape index (κ3) is 5.70. The van der Waals surface area contributed by atoms with Gasteiger partial charge in [-0.05, 0) is 42.0 Å². The molecular weight excluding hydrogens is 452 g/mol. The molecule has 0 aliphatic heterocycles. The minimum atomic E-state index is -1.74. The summed E-state index contributed by atoms with van der Waals surface area (Å²) in [5, 5.41) is 4.12. The number of thiophene rings is 1. The first kappa shape index (κ1) is 22.9. The zero-order valence-corrected chi connectivity index (χ0v) is 16.9. The highest BCUT2D eigenvalue weighted by atomic mass is 32.1. The lowest BCUT2D eigenvalue weighted by atomic mass is 10.2. The van der Waals surface area contributed by atoms with Crippen molar-refractivity contribution in [2.45, 2.75) is 0 Å². The molecule has 3 aromatic rings. The Hall–Kier alpha value is -3.73. The smallest absolute Gasteiger partial charge is 0.348 e. The summed E-state index contributed by atoms with van der Waals surface area (Å²) in [4.78, 5) is 36.5. The first-order chi connectivity index (χ1) is 15.2. The van der Waals surface area contributed by atoms with Gasteiger partial charge in [-0.1, -0.05) is 12.1 Å². The number of esters is 1. The summed E-state index contributed by atoms with van der Waals surface area (Å²) in [7, 11) is 0. The Bertz CT molecular complexity index is 1170. The second kappa shape index (κ2) is 10.1. The van der Waals surface area contributed by atoms with Gasteiger partial charge in [-0.3, -0.25) is 9.59 Å². The summed E-state index contributed by atoms with van der Waals surface area (Å²) in [5.74, 6) is -7.60. The fourth-order valence-corrected chi connectivity index (χ4v) is 3.37. The SMILES string of the molecule is O=C(COC(=O)c1ccc(-c2ccc(F)cc2)s1)NCC(=O)Nc1ccc(F)c(F)c1F. The van der Waals surface area contributed by atoms with Gasteiger partial charge in [0, 0.05) is 4.88 Å². The highest BCUT2D eigenvalue weighted by molar-refractivity contribution is 7.17. The van der Waals surface area contributed by atoms with Crippen LogP contribution < -0.4 is 10.6 Å². The van der Waals surface area contributed by atoms with Crippen molar-refractivity contribution in [2.24, 2.45) is 0 Å². The molecule has 2 amide bonds. The highest BCUT2D eigenvalue weighted by Crippen LogP contribution is 2.28. The Balaban J connectivity index is 1.46. The number of ether oxygens (including phenoxy) is 1. The van der Waals surface area contributed by atoms with Crippen LogP contribution in [0, 0.1) is 23.3 Å². The fourth-order valence-electron chi connectivity index (χ4n) is 2.47. The maximum Gasteiger partial charge on any atom is 0.348 e. The number of anilines is 1. The molecule has 0 atom stereocenters. The Labute approximate surface area is 182 Å². The lowest BCUT2D eigenvalue weighted by Crippen LogP contribution is -2.35. The van der Waals surface area contributed by atoms with Gasteiger partial charge in [0.2, 0.25) is 5.91 Å². The van der Waals surface area contributed by atoms with E-state index in [4.69, 9.17) is 4.74 Å². The lowest BCUT2D eigenvalue weighted by molar-refractivity contribution is -0.126. The maximum atomic E-state index is 13.5. The summed E-state index contributed by atoms with van der Waals surface area (Å²) in [6.07, 6.45) is 0. The van der Waals surface area contributed by atoms with Crippen molar-refractivity contribution in [3.05, 3.63) is 76.7 Å². The lowest BCUT2D eigenvalue weighted by Gasteiger charge is -2.08. The van der Waals surface area contributed by atoms with Gasteiger partial charge >= 0.3 is 5.97 Å². The van der Waals surface area contributed by atoms with Crippen LogP contribution in [0.5, 0.6) is 0 Å². The maximum absolute atomic E-state index is 13.5. The molecule has 11 heteroatoms. The minimum Gasteiger partial charge on any atom is -0.451 e. The van der Waals surface area contributed by atoms with Crippen LogP contribution in [-0.2, 0) is 14.3 Å². The molecule has 1 heterocycles. The van der Waals surface area contributed by atoms with E-state index in [0.717, 1.165) is 17.4 Å². The molecule has 0 bridgehead atoms. The minimum absolute atomic E-state index is 0.212. The molecular formula is C21H14F4N2O4S. The molecule has 0 radical (unpaired) electrons. The average Bonchev–Trinajstić information content (AvgIpc) is 3.27. The van der Waals surface area contributed by atoms with Gasteiger partial charge in [0.05, 0.1) is 12.2 Å². The number of carbonyl (C=O) groups excluding carboxylic acids is 3. The van der Waals surface area contributed by atoms with Crippen LogP contribution in [-0.4, -0.2) is 30.9 Å². The molecule has 0 fully saturated rings. The quantitative estimate of drug-likeness (QED) is 0.315. The van der Waals surface area contributed by atoms with Crippen molar-refractivity contribution in [1.29, 1.82) is 0 Å². The van der Waals surface area contributed by atoms with Crippen LogP contribution in [0.15, 0.2) is 48.5 Å². The van der Waals surface area contributed by atoms with Gasteiger partial charge < -0.3 is 15.4 Å². The third-order valence-corrected chi connectivity index (χ3v) is 5.14. The number of nitrogens with one attached hydrogen (secondary N) is 2. The molecule has 2 N–H and O–H groups in total. The van der Waals surface area contributed by atoms with E-state index in [9.17, 15) is 31.9 Å². The van der Waals surface area contributed by atoms with Crippen LogP contribution >= 0.6 is 11.3 Å². The number of benzene rings is 2. The van der Waals surface area contributed by atoms with Crippen LogP contribution in [0.3, 0.4) is 0 Å². The molecule has 2 aromatic carbocycles. The van der Waals surface area contributed by atoms with E-state index in [1.165, 1.54) is 18.2 Å². The second-order valence-corrected chi connectivity index (χ2v) is 7.38. The predicted molar refractivity (Wildman–Crippen MR) is 108 cm³/mol. The van der Waals surface area contributed by atoms with Crippen LogP contribution in [0.1, 0.15) is 9.67 Å². The topological polar surface area (TPSA) is 84.5 Å². The van der Waals surface area contributed by atoms with Gasteiger partial charge in [-0.2, -0.15) is 0 Å². The second-order valence-electron chi connectivity index (χ2n) is 6.29. The summed E-state index contributed by atoms with van der Waals surface area (Å²) in [5.41, 5.74) is 0.112. The summed E-state index contributed by atoms with van der Waals surface area (Å²) in [6, 6.07) is 10.3. The number of amides is 2. The van der Waals surface area contributed by atoms with Gasteiger partial charge in [0.25, 0.3) is 5.91 Å². The van der Waals surface area contributed by atoms with Crippen molar-refractivity contribution in [3.63, 3.8) is 0 Å². The monoisotopic (exact) mass is 466 g/mol. The Kier molecular flexibility index (Phi) is 7.21. The van der Waals surface area contributed by atoms with Crippen molar-refractivity contribution in [1.82, 2.24) is 5.32 Å². The first-order valence-electron chi connectivity index (χ1n) is 8.97. The van der Waals surface area contributed by atoms with Crippen LogP contribution in [0.4, 0.5) is 23.2 Å². The number of rotatable bonds is 7. The van der Waals surface area contributed by atoms with E-state index in [2.05, 4.69) is 5.32 Å². The Morgan fingerprint density at radius 3 is 2.28 bits per heavy atom. The normalized spacial score (nSPS) is 10.5. The number of hydrogen-bond acceptors (Lipinski definition) is 5. The molecule has 0 saturated heterocycles. The van der Waals surface area contributed by atoms with Crippen molar-refractivity contribution >= 4 is 34.8 Å². The largest absolute Gasteiger partial charge is 0.451 e. The van der Waals surface area contributed by atoms with E-state index >= 15 is 0 Å². The molecule has 166 valence electrons. The molecule has 3 rings (SSSR count). The Morgan fingerprint density at radius 2 is 1.56 bits per heavy atom. The first-order valence-corrected chi connectivity index (χ1v) is 9.79. The fraction of sp³-hybridized carbons (Fsp3) is 0.0952. The molecule has 0 unspecified atom stereocenters. The highest BCUT2D eigenvalue weighted by Gasteiger charge is 2.17. The summed E-state index contributed by atoms with van der Waals surface area (Å²) >= 11 is 1.09. The van der Waals surface area contributed by atoms with Crippen LogP contribution in [0.2, 0.25) is 0 Å². The van der Waals surface area contributed by atoms with E-state index in [-0.39, 0.29) is 10.7 Å². The molecule has 0 spiro atoms. The molecule has 0 aliphatic carbocycles. The van der Waals surface area contributed by atoms with E-state index in [1.807, 2.05) is 5.32 Å². The molecule has 6 nitrogen and oxygen atoms in total. The van der Waals surface area contributed by atoms with E-state index in [0.29, 0.717) is 16.5 Å². The summed E-state index contributed by atoms with van der Waals surface area (Å²) in [6.45, 7) is -1.31. The van der Waals surface area contributed by atoms with Crippen molar-refractivity contribution in [3.8, 4) is 10.4 Å². The molecule has 1 aromatic heterocycles. The average molecular weight is 466 g/mol. The van der Waals surface area contributed by atoms with Gasteiger partial charge in [0.15, 0.2) is 24.1 Å². The third-order valence-electron chi connectivity index (χ3n) is 4.03.